The normalized spacial score (nSPS) is 12.5. The minimum absolute atomic E-state index is 0.684. The fraction of sp³-hybridized carbons (Fsp3) is 0. The van der Waals surface area contributed by atoms with Crippen molar-refractivity contribution in [2.24, 2.45) is 0 Å². The Kier molecular flexibility index (Phi) is 6.42. The molecule has 0 unspecified atom stereocenters. The Bertz CT molecular complexity index is 4310. The maximum atomic E-state index is 5.65. The zero-order valence-corrected chi connectivity index (χ0v) is 34.6. The Labute approximate surface area is 361 Å². The molecule has 62 heavy (non-hydrogen) atoms. The second kappa shape index (κ2) is 12.0. The van der Waals surface area contributed by atoms with Crippen molar-refractivity contribution in [2.45, 2.75) is 0 Å². The molecule has 6 heteroatoms. The number of aromatic nitrogens is 4. The topological polar surface area (TPSA) is 35.1 Å². The Morgan fingerprint density at radius 1 is 0.355 bits per heavy atom. The second-order valence-corrected chi connectivity index (χ2v) is 18.5. The number of hydrogen-bond donors (Lipinski definition) is 0. The lowest BCUT2D eigenvalue weighted by atomic mass is 9.91. The highest BCUT2D eigenvalue weighted by molar-refractivity contribution is 7.26. The van der Waals surface area contributed by atoms with Crippen LogP contribution in [0.25, 0.3) is 140 Å². The third kappa shape index (κ3) is 4.25. The molecule has 0 aliphatic heterocycles. The van der Waals surface area contributed by atoms with Crippen molar-refractivity contribution in [1.29, 1.82) is 0 Å². The number of fused-ring (bicyclic) bond motifs is 8. The molecule has 15 aromatic rings. The summed E-state index contributed by atoms with van der Waals surface area (Å²) >= 11 is 3.63. The molecule has 0 radical (unpaired) electrons. The summed E-state index contributed by atoms with van der Waals surface area (Å²) in [5.74, 6) is 0.684. The van der Waals surface area contributed by atoms with Gasteiger partial charge in [0.1, 0.15) is 4.83 Å². The number of hydrogen-bond acceptors (Lipinski definition) is 4. The first-order valence-corrected chi connectivity index (χ1v) is 22.6. The molecule has 0 aliphatic rings. The summed E-state index contributed by atoms with van der Waals surface area (Å²) in [6, 6.07) is 66.6. The molecule has 4 nitrogen and oxygen atoms in total. The standard InChI is InChI=1S/C56H30N4S2/c1-2-11-31(12-3-1)35-17-8-13-33-14-9-18-36(47(33)35)32-23-25-34(26-24-32)53-48-39-16-5-7-22-44(39)62-55(48)58-56(57-53)60-42-21-10-20-41-49(42)50-43(60)28-30-45-51(50)52-46(61-45)29-27-38-37-15-4-6-19-40(37)59(41)54(38)52/h1-30H. The lowest BCUT2D eigenvalue weighted by Gasteiger charge is -2.14. The van der Waals surface area contributed by atoms with Gasteiger partial charge in [0.05, 0.1) is 33.3 Å². The van der Waals surface area contributed by atoms with Crippen LogP contribution in [0.1, 0.15) is 0 Å². The van der Waals surface area contributed by atoms with Crippen molar-refractivity contribution in [2.75, 3.05) is 0 Å². The van der Waals surface area contributed by atoms with Gasteiger partial charge < -0.3 is 4.40 Å². The van der Waals surface area contributed by atoms with Crippen molar-refractivity contribution < 1.29 is 0 Å². The van der Waals surface area contributed by atoms with Crippen molar-refractivity contribution in [1.82, 2.24) is 18.9 Å². The van der Waals surface area contributed by atoms with Gasteiger partial charge in [0, 0.05) is 62.8 Å². The smallest absolute Gasteiger partial charge is 0.236 e. The Morgan fingerprint density at radius 2 is 1.02 bits per heavy atom. The van der Waals surface area contributed by atoms with Crippen molar-refractivity contribution in [3.63, 3.8) is 0 Å². The van der Waals surface area contributed by atoms with Crippen LogP contribution in [0.15, 0.2) is 182 Å². The van der Waals surface area contributed by atoms with Gasteiger partial charge in [0.2, 0.25) is 5.95 Å². The third-order valence-electron chi connectivity index (χ3n) is 13.3. The molecule has 286 valence electrons. The highest BCUT2D eigenvalue weighted by Gasteiger charge is 2.27. The lowest BCUT2D eigenvalue weighted by molar-refractivity contribution is 1.02. The predicted molar refractivity (Wildman–Crippen MR) is 264 cm³/mol. The zero-order valence-electron chi connectivity index (χ0n) is 32.9. The highest BCUT2D eigenvalue weighted by Crippen LogP contribution is 2.50. The number of thiophene rings is 2. The molecular weight excluding hydrogens is 793 g/mol. The van der Waals surface area contributed by atoms with E-state index < -0.39 is 0 Å². The molecule has 0 aliphatic carbocycles. The van der Waals surface area contributed by atoms with E-state index in [1.54, 1.807) is 11.3 Å². The molecule has 0 fully saturated rings. The quantitative estimate of drug-likeness (QED) is 0.177. The van der Waals surface area contributed by atoms with E-state index >= 15 is 0 Å². The molecule has 0 bridgehead atoms. The van der Waals surface area contributed by atoms with Gasteiger partial charge in [0.25, 0.3) is 0 Å². The minimum Gasteiger partial charge on any atom is -0.308 e. The maximum absolute atomic E-state index is 5.65. The van der Waals surface area contributed by atoms with Crippen LogP contribution in [0.3, 0.4) is 0 Å². The van der Waals surface area contributed by atoms with Gasteiger partial charge in [-0.25, -0.2) is 9.97 Å². The Morgan fingerprint density at radius 3 is 1.87 bits per heavy atom. The molecule has 0 spiro atoms. The van der Waals surface area contributed by atoms with E-state index in [4.69, 9.17) is 9.97 Å². The monoisotopic (exact) mass is 822 g/mol. The van der Waals surface area contributed by atoms with E-state index in [1.165, 1.54) is 101 Å². The van der Waals surface area contributed by atoms with E-state index in [-0.39, 0.29) is 0 Å². The summed E-state index contributed by atoms with van der Waals surface area (Å²) in [5, 5.41) is 12.5. The van der Waals surface area contributed by atoms with Crippen LogP contribution in [0.4, 0.5) is 0 Å². The summed E-state index contributed by atoms with van der Waals surface area (Å²) < 4.78 is 8.67. The van der Waals surface area contributed by atoms with Crippen molar-refractivity contribution >= 4 is 123 Å². The molecule has 15 rings (SSSR count). The summed E-state index contributed by atoms with van der Waals surface area (Å²) in [5.41, 5.74) is 12.8. The fourth-order valence-electron chi connectivity index (χ4n) is 10.8. The molecule has 0 amide bonds. The van der Waals surface area contributed by atoms with Gasteiger partial charge in [-0.15, -0.1) is 22.7 Å². The summed E-state index contributed by atoms with van der Waals surface area (Å²) in [6.45, 7) is 0. The predicted octanol–water partition coefficient (Wildman–Crippen LogP) is 15.9. The van der Waals surface area contributed by atoms with Crippen molar-refractivity contribution in [3.8, 4) is 39.5 Å². The molecule has 0 saturated heterocycles. The fourth-order valence-corrected chi connectivity index (χ4v) is 12.9. The molecular formula is C56H30N4S2. The maximum Gasteiger partial charge on any atom is 0.236 e. The first-order valence-electron chi connectivity index (χ1n) is 21.0. The van der Waals surface area contributed by atoms with E-state index in [2.05, 4.69) is 191 Å². The van der Waals surface area contributed by atoms with Crippen molar-refractivity contribution in [3.05, 3.63) is 182 Å². The van der Waals surface area contributed by atoms with Crippen LogP contribution in [-0.2, 0) is 0 Å². The molecule has 6 aromatic heterocycles. The van der Waals surface area contributed by atoms with E-state index in [0.29, 0.717) is 5.95 Å². The number of para-hydroxylation sites is 1. The van der Waals surface area contributed by atoms with Crippen LogP contribution >= 0.6 is 22.7 Å². The SMILES string of the molecule is c1ccc(-c2cccc3cccc(-c4ccc(-c5nc(-n6c7ccc8sc9ccc%10c%11ccccc%11n%11c%12cccc6c%12c7c8c9c%10%11)nc6sc7ccccc7c56)cc4)c23)cc1. The Balaban J connectivity index is 1.00. The minimum atomic E-state index is 0.684. The molecule has 9 aromatic carbocycles. The van der Waals surface area contributed by atoms with Crippen LogP contribution in [0.5, 0.6) is 0 Å². The van der Waals surface area contributed by atoms with Crippen LogP contribution < -0.4 is 0 Å². The lowest BCUT2D eigenvalue weighted by Crippen LogP contribution is -2.02. The zero-order chi connectivity index (χ0) is 40.2. The average Bonchev–Trinajstić information content (AvgIpc) is 4.06. The van der Waals surface area contributed by atoms with Gasteiger partial charge in [0.15, 0.2) is 0 Å². The highest BCUT2D eigenvalue weighted by atomic mass is 32.1. The Hall–Kier alpha value is -7.64. The summed E-state index contributed by atoms with van der Waals surface area (Å²) in [6.07, 6.45) is 0. The number of rotatable bonds is 4. The van der Waals surface area contributed by atoms with Gasteiger partial charge >= 0.3 is 0 Å². The molecule has 0 atom stereocenters. The van der Waals surface area contributed by atoms with Gasteiger partial charge in [-0.1, -0.05) is 140 Å². The van der Waals surface area contributed by atoms with E-state index in [0.717, 1.165) is 32.5 Å². The first kappa shape index (κ1) is 33.1. The molecule has 0 saturated carbocycles. The largest absolute Gasteiger partial charge is 0.308 e. The first-order chi connectivity index (χ1) is 30.8. The van der Waals surface area contributed by atoms with Crippen LogP contribution in [0.2, 0.25) is 0 Å². The molecule has 6 heterocycles. The van der Waals surface area contributed by atoms with Crippen LogP contribution in [0, 0.1) is 0 Å². The van der Waals surface area contributed by atoms with Gasteiger partial charge in [-0.05, 0) is 75.5 Å². The number of benzene rings is 9. The summed E-state index contributed by atoms with van der Waals surface area (Å²) in [7, 11) is 0. The van der Waals surface area contributed by atoms with E-state index in [1.807, 2.05) is 11.3 Å². The average molecular weight is 823 g/mol. The number of nitrogens with zero attached hydrogens (tertiary/aromatic N) is 4. The van der Waals surface area contributed by atoms with Crippen LogP contribution in [-0.4, -0.2) is 18.9 Å². The third-order valence-corrected chi connectivity index (χ3v) is 15.5. The second-order valence-electron chi connectivity index (χ2n) is 16.4. The van der Waals surface area contributed by atoms with Gasteiger partial charge in [-0.2, -0.15) is 0 Å². The van der Waals surface area contributed by atoms with Gasteiger partial charge in [-0.3, -0.25) is 4.57 Å². The molecule has 0 N–H and O–H groups in total. The van der Waals surface area contributed by atoms with E-state index in [9.17, 15) is 0 Å². The summed E-state index contributed by atoms with van der Waals surface area (Å²) in [4.78, 5) is 12.1.